The lowest BCUT2D eigenvalue weighted by molar-refractivity contribution is -0.147. The van der Waals surface area contributed by atoms with Crippen LogP contribution >= 0.6 is 0 Å². The maximum atomic E-state index is 12.0. The van der Waals surface area contributed by atoms with Gasteiger partial charge in [0.15, 0.2) is 0 Å². The SMILES string of the molecule is CCOC(=O)CC1(C)Oc2cccc(O)c2-c2ccccc21. The van der Waals surface area contributed by atoms with Crippen molar-refractivity contribution in [3.63, 3.8) is 0 Å². The Morgan fingerprint density at radius 1 is 1.23 bits per heavy atom. The highest BCUT2D eigenvalue weighted by molar-refractivity contribution is 5.82. The number of rotatable bonds is 3. The topological polar surface area (TPSA) is 55.8 Å². The monoisotopic (exact) mass is 298 g/mol. The summed E-state index contributed by atoms with van der Waals surface area (Å²) >= 11 is 0. The van der Waals surface area contributed by atoms with Crippen molar-refractivity contribution in [3.8, 4) is 22.6 Å². The third-order valence-electron chi connectivity index (χ3n) is 3.89. The van der Waals surface area contributed by atoms with Crippen LogP contribution in [0.15, 0.2) is 42.5 Å². The summed E-state index contributed by atoms with van der Waals surface area (Å²) in [6, 6.07) is 12.8. The Kier molecular flexibility index (Phi) is 3.53. The maximum absolute atomic E-state index is 12.0. The van der Waals surface area contributed by atoms with Crippen molar-refractivity contribution in [2.45, 2.75) is 25.9 Å². The molecule has 3 rings (SSSR count). The van der Waals surface area contributed by atoms with Gasteiger partial charge in [0.05, 0.1) is 18.6 Å². The lowest BCUT2D eigenvalue weighted by Crippen LogP contribution is -2.36. The number of fused-ring (bicyclic) bond motifs is 3. The Hall–Kier alpha value is -2.49. The lowest BCUT2D eigenvalue weighted by atomic mass is 9.83. The predicted octanol–water partition coefficient (Wildman–Crippen LogP) is 3.62. The van der Waals surface area contributed by atoms with Crippen LogP contribution in [0.4, 0.5) is 0 Å². The second-order valence-electron chi connectivity index (χ2n) is 5.51. The summed E-state index contributed by atoms with van der Waals surface area (Å²) in [5.41, 5.74) is 1.61. The number of benzene rings is 2. The number of carbonyl (C=O) groups is 1. The fourth-order valence-corrected chi connectivity index (χ4v) is 2.95. The van der Waals surface area contributed by atoms with Crippen LogP contribution in [0.25, 0.3) is 11.1 Å². The highest BCUT2D eigenvalue weighted by atomic mass is 16.5. The van der Waals surface area contributed by atoms with Gasteiger partial charge in [-0.15, -0.1) is 0 Å². The number of aromatic hydroxyl groups is 1. The van der Waals surface area contributed by atoms with Gasteiger partial charge in [0.25, 0.3) is 0 Å². The molecule has 0 bridgehead atoms. The molecule has 4 heteroatoms. The molecule has 114 valence electrons. The summed E-state index contributed by atoms with van der Waals surface area (Å²) in [5, 5.41) is 10.2. The average molecular weight is 298 g/mol. The van der Waals surface area contributed by atoms with Gasteiger partial charge in [-0.25, -0.2) is 0 Å². The first-order valence-electron chi connectivity index (χ1n) is 7.31. The van der Waals surface area contributed by atoms with Gasteiger partial charge in [-0.2, -0.15) is 0 Å². The maximum Gasteiger partial charge on any atom is 0.310 e. The fourth-order valence-electron chi connectivity index (χ4n) is 2.95. The van der Waals surface area contributed by atoms with E-state index in [1.807, 2.05) is 31.2 Å². The molecule has 22 heavy (non-hydrogen) atoms. The molecule has 0 fully saturated rings. The number of phenols is 1. The third kappa shape index (κ3) is 2.30. The number of hydrogen-bond acceptors (Lipinski definition) is 4. The van der Waals surface area contributed by atoms with Crippen LogP contribution in [0.1, 0.15) is 25.8 Å². The van der Waals surface area contributed by atoms with Crippen molar-refractivity contribution < 1.29 is 19.4 Å². The highest BCUT2D eigenvalue weighted by Gasteiger charge is 2.39. The first-order chi connectivity index (χ1) is 10.5. The van der Waals surface area contributed by atoms with E-state index in [9.17, 15) is 9.90 Å². The Bertz CT molecular complexity index is 723. The normalized spacial score (nSPS) is 18.8. The van der Waals surface area contributed by atoms with Crippen LogP contribution < -0.4 is 4.74 Å². The van der Waals surface area contributed by atoms with Gasteiger partial charge in [0.1, 0.15) is 17.1 Å². The van der Waals surface area contributed by atoms with Crippen LogP contribution in [0, 0.1) is 0 Å². The molecule has 0 amide bonds. The zero-order valence-electron chi connectivity index (χ0n) is 12.6. The van der Waals surface area contributed by atoms with E-state index in [2.05, 4.69) is 0 Å². The number of hydrogen-bond donors (Lipinski definition) is 1. The van der Waals surface area contributed by atoms with Crippen LogP contribution in [0.5, 0.6) is 11.5 Å². The van der Waals surface area contributed by atoms with Crippen LogP contribution in [-0.4, -0.2) is 17.7 Å². The standard InChI is InChI=1S/C18H18O4/c1-3-21-16(20)11-18(2)13-8-5-4-7-12(13)17-14(19)9-6-10-15(17)22-18/h4-10,19H,3,11H2,1-2H3. The zero-order chi connectivity index (χ0) is 15.7. The molecule has 1 N–H and O–H groups in total. The molecule has 1 aliphatic rings. The van der Waals surface area contributed by atoms with Gasteiger partial charge < -0.3 is 14.6 Å². The minimum absolute atomic E-state index is 0.118. The minimum atomic E-state index is -0.816. The second kappa shape index (κ2) is 5.37. The molecule has 2 aromatic rings. The van der Waals surface area contributed by atoms with Gasteiger partial charge >= 0.3 is 5.97 Å². The molecule has 0 aliphatic carbocycles. The van der Waals surface area contributed by atoms with Gasteiger partial charge in [0, 0.05) is 5.56 Å². The van der Waals surface area contributed by atoms with E-state index in [-0.39, 0.29) is 18.1 Å². The van der Waals surface area contributed by atoms with E-state index in [4.69, 9.17) is 9.47 Å². The number of phenolic OH excluding ortho intramolecular Hbond substituents is 1. The molecule has 0 saturated carbocycles. The Balaban J connectivity index is 2.11. The third-order valence-corrected chi connectivity index (χ3v) is 3.89. The highest BCUT2D eigenvalue weighted by Crippen LogP contribution is 2.49. The zero-order valence-corrected chi connectivity index (χ0v) is 12.6. The Morgan fingerprint density at radius 2 is 2.00 bits per heavy atom. The largest absolute Gasteiger partial charge is 0.507 e. The van der Waals surface area contributed by atoms with Crippen molar-refractivity contribution in [2.24, 2.45) is 0 Å². The Morgan fingerprint density at radius 3 is 2.77 bits per heavy atom. The molecule has 1 aliphatic heterocycles. The molecule has 4 nitrogen and oxygen atoms in total. The molecule has 1 unspecified atom stereocenters. The van der Waals surface area contributed by atoms with Crippen LogP contribution in [-0.2, 0) is 15.1 Å². The quantitative estimate of drug-likeness (QED) is 0.879. The molecular weight excluding hydrogens is 280 g/mol. The minimum Gasteiger partial charge on any atom is -0.507 e. The van der Waals surface area contributed by atoms with Crippen LogP contribution in [0.3, 0.4) is 0 Å². The van der Waals surface area contributed by atoms with Gasteiger partial charge in [-0.3, -0.25) is 4.79 Å². The fraction of sp³-hybridized carbons (Fsp3) is 0.278. The van der Waals surface area contributed by atoms with Crippen molar-refractivity contribution in [3.05, 3.63) is 48.0 Å². The van der Waals surface area contributed by atoms with E-state index >= 15 is 0 Å². The summed E-state index contributed by atoms with van der Waals surface area (Å²) in [6.07, 6.45) is 0.118. The first kappa shape index (κ1) is 14.4. The summed E-state index contributed by atoms with van der Waals surface area (Å²) in [5.74, 6) is 0.442. The lowest BCUT2D eigenvalue weighted by Gasteiger charge is -2.37. The summed E-state index contributed by atoms with van der Waals surface area (Å²) in [7, 11) is 0. The van der Waals surface area contributed by atoms with Crippen molar-refractivity contribution in [1.29, 1.82) is 0 Å². The van der Waals surface area contributed by atoms with E-state index in [0.717, 1.165) is 11.1 Å². The van der Waals surface area contributed by atoms with E-state index < -0.39 is 5.60 Å². The van der Waals surface area contributed by atoms with Crippen molar-refractivity contribution in [1.82, 2.24) is 0 Å². The van der Waals surface area contributed by atoms with Gasteiger partial charge in [-0.05, 0) is 31.5 Å². The molecule has 0 spiro atoms. The molecule has 1 heterocycles. The average Bonchev–Trinajstić information content (AvgIpc) is 2.47. The smallest absolute Gasteiger partial charge is 0.310 e. The predicted molar refractivity (Wildman–Crippen MR) is 82.8 cm³/mol. The molecular formula is C18H18O4. The summed E-state index contributed by atoms with van der Waals surface area (Å²) in [6.45, 7) is 3.99. The number of carbonyl (C=O) groups excluding carboxylic acids is 1. The molecule has 0 saturated heterocycles. The van der Waals surface area contributed by atoms with Crippen molar-refractivity contribution >= 4 is 5.97 Å². The van der Waals surface area contributed by atoms with Crippen molar-refractivity contribution in [2.75, 3.05) is 6.61 Å². The number of ether oxygens (including phenoxy) is 2. The second-order valence-corrected chi connectivity index (χ2v) is 5.51. The molecule has 2 aromatic carbocycles. The van der Waals surface area contributed by atoms with E-state index in [1.165, 1.54) is 0 Å². The van der Waals surface area contributed by atoms with E-state index in [1.54, 1.807) is 25.1 Å². The van der Waals surface area contributed by atoms with Gasteiger partial charge in [0.2, 0.25) is 0 Å². The molecule has 0 aromatic heterocycles. The number of esters is 1. The van der Waals surface area contributed by atoms with E-state index in [0.29, 0.717) is 17.9 Å². The molecule has 1 atom stereocenters. The van der Waals surface area contributed by atoms with Gasteiger partial charge in [-0.1, -0.05) is 30.3 Å². The summed E-state index contributed by atoms with van der Waals surface area (Å²) in [4.78, 5) is 12.0. The summed E-state index contributed by atoms with van der Waals surface area (Å²) < 4.78 is 11.2. The Labute approximate surface area is 129 Å². The molecule has 0 radical (unpaired) electrons. The first-order valence-corrected chi connectivity index (χ1v) is 7.31. The van der Waals surface area contributed by atoms with Crippen LogP contribution in [0.2, 0.25) is 0 Å².